The van der Waals surface area contributed by atoms with E-state index >= 15 is 0 Å². The van der Waals surface area contributed by atoms with Crippen LogP contribution in [0.15, 0.2) is 42.5 Å². The van der Waals surface area contributed by atoms with Crippen LogP contribution in [0.2, 0.25) is 0 Å². The number of aromatic nitrogens is 3. The van der Waals surface area contributed by atoms with E-state index in [-0.39, 0.29) is 11.5 Å². The van der Waals surface area contributed by atoms with E-state index in [1.54, 1.807) is 0 Å². The largest absolute Gasteiger partial charge is 0.350 e. The molecule has 0 spiro atoms. The first-order chi connectivity index (χ1) is 14.6. The Hall–Kier alpha value is -2.45. The van der Waals surface area contributed by atoms with Crippen LogP contribution in [-0.2, 0) is 16.4 Å². The lowest BCUT2D eigenvalue weighted by Gasteiger charge is -2.26. The molecule has 1 aliphatic carbocycles. The average Bonchev–Trinajstić information content (AvgIpc) is 3.39. The summed E-state index contributed by atoms with van der Waals surface area (Å²) in [5.74, 6) is 1.22. The zero-order valence-electron chi connectivity index (χ0n) is 17.0. The first kappa shape index (κ1) is 19.5. The summed E-state index contributed by atoms with van der Waals surface area (Å²) in [5, 5.41) is 8.19. The number of anilines is 1. The predicted molar refractivity (Wildman–Crippen MR) is 118 cm³/mol. The number of fused-ring (bicyclic) bond motifs is 1. The second-order valence-electron chi connectivity index (χ2n) is 8.37. The van der Waals surface area contributed by atoms with Crippen molar-refractivity contribution in [3.63, 3.8) is 0 Å². The van der Waals surface area contributed by atoms with Gasteiger partial charge in [0.15, 0.2) is 15.5 Å². The molecule has 2 aliphatic rings. The molecule has 1 saturated carbocycles. The fourth-order valence-electron chi connectivity index (χ4n) is 4.39. The summed E-state index contributed by atoms with van der Waals surface area (Å²) in [6, 6.07) is 15.0. The molecular formula is C22H27N5O2S. The Labute approximate surface area is 177 Å². The van der Waals surface area contributed by atoms with Gasteiger partial charge in [0.25, 0.3) is 0 Å². The van der Waals surface area contributed by atoms with Crippen molar-refractivity contribution in [2.45, 2.75) is 38.3 Å². The third-order valence-corrected chi connectivity index (χ3v) is 7.75. The first-order valence-electron chi connectivity index (χ1n) is 10.7. The van der Waals surface area contributed by atoms with Crippen LogP contribution in [0.4, 0.5) is 5.95 Å². The fourth-order valence-corrected chi connectivity index (χ4v) is 5.66. The number of hydrogen-bond donors (Lipinski definition) is 1. The monoisotopic (exact) mass is 425 g/mol. The second-order valence-corrected chi connectivity index (χ2v) is 10.7. The summed E-state index contributed by atoms with van der Waals surface area (Å²) in [7, 11) is -2.84. The van der Waals surface area contributed by atoms with E-state index in [1.165, 1.54) is 31.2 Å². The highest BCUT2D eigenvalue weighted by Crippen LogP contribution is 2.24. The Kier molecular flexibility index (Phi) is 5.20. The van der Waals surface area contributed by atoms with E-state index in [2.05, 4.69) is 45.5 Å². The normalized spacial score (nSPS) is 20.0. The lowest BCUT2D eigenvalue weighted by atomic mass is 10.1. The molecule has 3 heterocycles. The maximum atomic E-state index is 11.6. The first-order valence-corrected chi connectivity index (χ1v) is 12.5. The highest BCUT2D eigenvalue weighted by atomic mass is 32.2. The Morgan fingerprint density at radius 2 is 1.73 bits per heavy atom. The molecule has 2 aromatic heterocycles. The van der Waals surface area contributed by atoms with Crippen molar-refractivity contribution < 1.29 is 8.42 Å². The number of sulfone groups is 1. The number of rotatable bonds is 5. The van der Waals surface area contributed by atoms with Gasteiger partial charge < -0.3 is 5.32 Å². The van der Waals surface area contributed by atoms with Crippen molar-refractivity contribution in [1.82, 2.24) is 19.5 Å². The van der Waals surface area contributed by atoms with Gasteiger partial charge in [-0.15, -0.1) is 5.10 Å². The molecule has 0 bridgehead atoms. The van der Waals surface area contributed by atoms with Crippen LogP contribution in [0.1, 0.15) is 31.2 Å². The average molecular weight is 426 g/mol. The van der Waals surface area contributed by atoms with Crippen molar-refractivity contribution in [2.24, 2.45) is 0 Å². The summed E-state index contributed by atoms with van der Waals surface area (Å²) >= 11 is 0. The highest BCUT2D eigenvalue weighted by molar-refractivity contribution is 7.91. The molecular weight excluding hydrogens is 398 g/mol. The second kappa shape index (κ2) is 8.00. The number of benzene rings is 1. The zero-order chi connectivity index (χ0) is 20.6. The SMILES string of the molecule is O=S1(=O)CCN(Cc2ccc(-c3cccc4nc(NC5CCCC5)nn34)cc2)CC1. The maximum absolute atomic E-state index is 11.6. The molecule has 30 heavy (non-hydrogen) atoms. The molecule has 158 valence electrons. The van der Waals surface area contributed by atoms with Crippen molar-refractivity contribution >= 4 is 21.4 Å². The van der Waals surface area contributed by atoms with Gasteiger partial charge in [-0.3, -0.25) is 4.90 Å². The van der Waals surface area contributed by atoms with Crippen molar-refractivity contribution in [3.8, 4) is 11.3 Å². The number of pyridine rings is 1. The maximum Gasteiger partial charge on any atom is 0.243 e. The van der Waals surface area contributed by atoms with Gasteiger partial charge in [-0.05, 0) is 30.5 Å². The van der Waals surface area contributed by atoms with E-state index in [9.17, 15) is 8.42 Å². The van der Waals surface area contributed by atoms with Crippen LogP contribution >= 0.6 is 0 Å². The zero-order valence-corrected chi connectivity index (χ0v) is 17.8. The molecule has 3 aromatic rings. The minimum atomic E-state index is -2.84. The third-order valence-electron chi connectivity index (χ3n) is 6.14. The smallest absolute Gasteiger partial charge is 0.243 e. The van der Waals surface area contributed by atoms with Gasteiger partial charge in [-0.1, -0.05) is 43.2 Å². The van der Waals surface area contributed by atoms with Crippen molar-refractivity contribution in [1.29, 1.82) is 0 Å². The van der Waals surface area contributed by atoms with Gasteiger partial charge in [0.2, 0.25) is 5.95 Å². The van der Waals surface area contributed by atoms with Crippen molar-refractivity contribution in [3.05, 3.63) is 48.0 Å². The molecule has 2 fully saturated rings. The van der Waals surface area contributed by atoms with E-state index in [0.29, 0.717) is 25.1 Å². The van der Waals surface area contributed by atoms with Gasteiger partial charge in [0, 0.05) is 31.2 Å². The predicted octanol–water partition coefficient (Wildman–Crippen LogP) is 2.98. The van der Waals surface area contributed by atoms with Gasteiger partial charge in [0.05, 0.1) is 17.2 Å². The van der Waals surface area contributed by atoms with Gasteiger partial charge >= 0.3 is 0 Å². The number of nitrogens with one attached hydrogen (secondary N) is 1. The quantitative estimate of drug-likeness (QED) is 0.677. The summed E-state index contributed by atoms with van der Waals surface area (Å²) in [6.07, 6.45) is 4.92. The van der Waals surface area contributed by atoms with Crippen molar-refractivity contribution in [2.75, 3.05) is 29.9 Å². The Bertz CT molecular complexity index is 1120. The molecule has 0 amide bonds. The summed E-state index contributed by atoms with van der Waals surface area (Å²) in [5.41, 5.74) is 4.12. The van der Waals surface area contributed by atoms with Crippen LogP contribution in [0.3, 0.4) is 0 Å². The summed E-state index contributed by atoms with van der Waals surface area (Å²) in [4.78, 5) is 6.86. The number of nitrogens with zero attached hydrogens (tertiary/aromatic N) is 4. The van der Waals surface area contributed by atoms with Crippen LogP contribution in [-0.4, -0.2) is 58.6 Å². The standard InChI is InChI=1S/C22H27N5O2S/c28-30(29)14-12-26(13-15-30)16-17-8-10-18(11-9-17)20-6-3-7-21-24-22(25-27(20)21)23-19-4-1-2-5-19/h3,6-11,19H,1-2,4-5,12-16H2,(H,23,25). The molecule has 1 aliphatic heterocycles. The molecule has 0 unspecified atom stereocenters. The summed E-state index contributed by atoms with van der Waals surface area (Å²) in [6.45, 7) is 2.00. The molecule has 8 heteroatoms. The highest BCUT2D eigenvalue weighted by Gasteiger charge is 2.21. The molecule has 0 atom stereocenters. The minimum Gasteiger partial charge on any atom is -0.350 e. The third kappa shape index (κ3) is 4.20. The Balaban J connectivity index is 1.33. The van der Waals surface area contributed by atoms with Gasteiger partial charge in [0.1, 0.15) is 0 Å². The summed E-state index contributed by atoms with van der Waals surface area (Å²) < 4.78 is 25.1. The van der Waals surface area contributed by atoms with E-state index in [0.717, 1.165) is 23.4 Å². The van der Waals surface area contributed by atoms with Crippen LogP contribution < -0.4 is 5.32 Å². The Morgan fingerprint density at radius 1 is 1.00 bits per heavy atom. The molecule has 5 rings (SSSR count). The lowest BCUT2D eigenvalue weighted by Crippen LogP contribution is -2.39. The van der Waals surface area contributed by atoms with Crippen LogP contribution in [0.25, 0.3) is 16.9 Å². The van der Waals surface area contributed by atoms with Crippen LogP contribution in [0, 0.1) is 0 Å². The van der Waals surface area contributed by atoms with E-state index < -0.39 is 9.84 Å². The Morgan fingerprint density at radius 3 is 2.47 bits per heavy atom. The molecule has 1 saturated heterocycles. The van der Waals surface area contributed by atoms with Crippen LogP contribution in [0.5, 0.6) is 0 Å². The minimum absolute atomic E-state index is 0.261. The topological polar surface area (TPSA) is 79.6 Å². The lowest BCUT2D eigenvalue weighted by molar-refractivity contribution is 0.287. The fraction of sp³-hybridized carbons (Fsp3) is 0.455. The number of hydrogen-bond acceptors (Lipinski definition) is 6. The molecule has 0 radical (unpaired) electrons. The molecule has 1 N–H and O–H groups in total. The van der Waals surface area contributed by atoms with E-state index in [4.69, 9.17) is 5.10 Å². The van der Waals surface area contributed by atoms with E-state index in [1.807, 2.05) is 16.6 Å². The molecule has 7 nitrogen and oxygen atoms in total. The van der Waals surface area contributed by atoms with Gasteiger partial charge in [-0.25, -0.2) is 12.9 Å². The molecule has 1 aromatic carbocycles. The van der Waals surface area contributed by atoms with Gasteiger partial charge in [-0.2, -0.15) is 4.98 Å².